The molecule has 1 aromatic heterocycles. The van der Waals surface area contributed by atoms with Gasteiger partial charge in [-0.15, -0.1) is 0 Å². The molecule has 2 rings (SSSR count). The third kappa shape index (κ3) is 3.46. The summed E-state index contributed by atoms with van der Waals surface area (Å²) in [6.07, 6.45) is 3.40. The lowest BCUT2D eigenvalue weighted by Gasteiger charge is -2.40. The summed E-state index contributed by atoms with van der Waals surface area (Å²) in [6, 6.07) is 1.57. The Morgan fingerprint density at radius 2 is 2.35 bits per heavy atom. The first kappa shape index (κ1) is 15.2. The van der Waals surface area contributed by atoms with Crippen LogP contribution in [-0.4, -0.2) is 37.3 Å². The first-order chi connectivity index (χ1) is 9.58. The van der Waals surface area contributed by atoms with Crippen LogP contribution in [0.5, 0.6) is 0 Å². The summed E-state index contributed by atoms with van der Waals surface area (Å²) in [5.41, 5.74) is 0.760. The van der Waals surface area contributed by atoms with Crippen LogP contribution in [0, 0.1) is 5.82 Å². The van der Waals surface area contributed by atoms with Crippen molar-refractivity contribution in [1.29, 1.82) is 0 Å². The average molecular weight is 281 g/mol. The highest BCUT2D eigenvalue weighted by molar-refractivity contribution is 5.47. The molecule has 0 spiro atoms. The second-order valence-electron chi connectivity index (χ2n) is 5.60. The summed E-state index contributed by atoms with van der Waals surface area (Å²) < 4.78 is 19.0. The zero-order valence-electron chi connectivity index (χ0n) is 12.6. The monoisotopic (exact) mass is 281 g/mol. The van der Waals surface area contributed by atoms with Crippen molar-refractivity contribution in [2.45, 2.75) is 38.8 Å². The summed E-state index contributed by atoms with van der Waals surface area (Å²) in [6.45, 7) is 7.38. The number of rotatable bonds is 5. The number of ether oxygens (including phenoxy) is 1. The van der Waals surface area contributed by atoms with Crippen molar-refractivity contribution in [3.05, 3.63) is 23.6 Å². The number of aromatic nitrogens is 1. The Hall–Kier alpha value is -1.20. The molecule has 0 aliphatic carbocycles. The maximum Gasteiger partial charge on any atom is 0.141 e. The molecule has 5 heteroatoms. The normalized spacial score (nSPS) is 23.1. The molecule has 1 saturated heterocycles. The van der Waals surface area contributed by atoms with Crippen LogP contribution in [-0.2, 0) is 11.3 Å². The Balaban J connectivity index is 2.22. The Morgan fingerprint density at radius 3 is 3.05 bits per heavy atom. The Kier molecular flexibility index (Phi) is 4.94. The lowest BCUT2D eigenvalue weighted by molar-refractivity contribution is -0.00485. The van der Waals surface area contributed by atoms with E-state index in [4.69, 9.17) is 4.74 Å². The molecule has 0 aromatic carbocycles. The van der Waals surface area contributed by atoms with Gasteiger partial charge in [0.15, 0.2) is 0 Å². The minimum atomic E-state index is -0.284. The van der Waals surface area contributed by atoms with E-state index in [1.54, 1.807) is 13.2 Å². The Labute approximate surface area is 120 Å². The fourth-order valence-corrected chi connectivity index (χ4v) is 2.70. The molecule has 0 radical (unpaired) electrons. The summed E-state index contributed by atoms with van der Waals surface area (Å²) in [7, 11) is 1.75. The van der Waals surface area contributed by atoms with Crippen LogP contribution in [0.2, 0.25) is 0 Å². The van der Waals surface area contributed by atoms with Gasteiger partial charge in [0, 0.05) is 32.3 Å². The van der Waals surface area contributed by atoms with Gasteiger partial charge in [0.2, 0.25) is 0 Å². The largest absolute Gasteiger partial charge is 0.377 e. The van der Waals surface area contributed by atoms with Crippen molar-refractivity contribution in [1.82, 2.24) is 10.3 Å². The van der Waals surface area contributed by atoms with Crippen LogP contribution in [0.15, 0.2) is 12.3 Å². The van der Waals surface area contributed by atoms with Gasteiger partial charge in [0.1, 0.15) is 11.6 Å². The van der Waals surface area contributed by atoms with Crippen LogP contribution in [0.3, 0.4) is 0 Å². The van der Waals surface area contributed by atoms with Crippen LogP contribution >= 0.6 is 0 Å². The molecule has 1 fully saturated rings. The van der Waals surface area contributed by atoms with Gasteiger partial charge in [0.05, 0.1) is 11.8 Å². The van der Waals surface area contributed by atoms with Crippen LogP contribution < -0.4 is 10.2 Å². The maximum absolute atomic E-state index is 13.4. The number of methoxy groups -OCH3 is 1. The summed E-state index contributed by atoms with van der Waals surface area (Å²) in [4.78, 5) is 6.52. The minimum absolute atomic E-state index is 0.149. The SMILES string of the molecule is CCNCc1cc(F)cnc1N1CCCC(C)(OC)C1. The van der Waals surface area contributed by atoms with E-state index in [-0.39, 0.29) is 11.4 Å². The van der Waals surface area contributed by atoms with E-state index < -0.39 is 0 Å². The summed E-state index contributed by atoms with van der Waals surface area (Å²) in [5.74, 6) is 0.587. The second kappa shape index (κ2) is 6.50. The van der Waals surface area contributed by atoms with E-state index in [0.29, 0.717) is 6.54 Å². The van der Waals surface area contributed by atoms with Gasteiger partial charge in [-0.1, -0.05) is 6.92 Å². The molecule has 1 aliphatic heterocycles. The van der Waals surface area contributed by atoms with Gasteiger partial charge < -0.3 is 15.0 Å². The minimum Gasteiger partial charge on any atom is -0.377 e. The highest BCUT2D eigenvalue weighted by atomic mass is 19.1. The smallest absolute Gasteiger partial charge is 0.141 e. The predicted molar refractivity (Wildman–Crippen MR) is 78.4 cm³/mol. The highest BCUT2D eigenvalue weighted by Gasteiger charge is 2.32. The van der Waals surface area contributed by atoms with Gasteiger partial charge in [-0.25, -0.2) is 9.37 Å². The first-order valence-electron chi connectivity index (χ1n) is 7.23. The average Bonchev–Trinajstić information content (AvgIpc) is 2.45. The number of hydrogen-bond acceptors (Lipinski definition) is 4. The van der Waals surface area contributed by atoms with Gasteiger partial charge >= 0.3 is 0 Å². The van der Waals surface area contributed by atoms with E-state index in [1.165, 1.54) is 6.20 Å². The van der Waals surface area contributed by atoms with Crippen LogP contribution in [0.4, 0.5) is 10.2 Å². The Bertz CT molecular complexity index is 455. The molecule has 20 heavy (non-hydrogen) atoms. The highest BCUT2D eigenvalue weighted by Crippen LogP contribution is 2.29. The molecule has 0 bridgehead atoms. The zero-order chi connectivity index (χ0) is 14.6. The van der Waals surface area contributed by atoms with Crippen molar-refractivity contribution in [3.63, 3.8) is 0 Å². The molecular weight excluding hydrogens is 257 g/mol. The number of piperidine rings is 1. The van der Waals surface area contributed by atoms with Gasteiger partial charge in [-0.2, -0.15) is 0 Å². The Morgan fingerprint density at radius 1 is 1.55 bits per heavy atom. The topological polar surface area (TPSA) is 37.4 Å². The molecule has 0 amide bonds. The molecule has 1 unspecified atom stereocenters. The number of hydrogen-bond donors (Lipinski definition) is 1. The number of nitrogens with zero attached hydrogens (tertiary/aromatic N) is 2. The van der Waals surface area contributed by atoms with Crippen LogP contribution in [0.1, 0.15) is 32.3 Å². The zero-order valence-corrected chi connectivity index (χ0v) is 12.6. The number of pyridine rings is 1. The number of halogens is 1. The third-order valence-electron chi connectivity index (χ3n) is 3.93. The summed E-state index contributed by atoms with van der Waals surface area (Å²) >= 11 is 0. The van der Waals surface area contributed by atoms with E-state index in [1.807, 2.05) is 6.92 Å². The summed E-state index contributed by atoms with van der Waals surface area (Å²) in [5, 5.41) is 3.24. The van der Waals surface area contributed by atoms with Gasteiger partial charge in [-0.05, 0) is 32.4 Å². The van der Waals surface area contributed by atoms with E-state index in [2.05, 4.69) is 22.1 Å². The fourth-order valence-electron chi connectivity index (χ4n) is 2.70. The quantitative estimate of drug-likeness (QED) is 0.899. The molecule has 4 nitrogen and oxygen atoms in total. The van der Waals surface area contributed by atoms with E-state index in [0.717, 1.165) is 43.9 Å². The number of anilines is 1. The van der Waals surface area contributed by atoms with Gasteiger partial charge in [-0.3, -0.25) is 0 Å². The molecule has 1 N–H and O–H groups in total. The number of nitrogens with one attached hydrogen (secondary N) is 1. The second-order valence-corrected chi connectivity index (χ2v) is 5.60. The molecule has 1 aliphatic rings. The molecule has 1 aromatic rings. The first-order valence-corrected chi connectivity index (χ1v) is 7.23. The molecule has 112 valence electrons. The fraction of sp³-hybridized carbons (Fsp3) is 0.667. The molecule has 0 saturated carbocycles. The van der Waals surface area contributed by atoms with Crippen molar-refractivity contribution >= 4 is 5.82 Å². The molecule has 1 atom stereocenters. The standard InChI is InChI=1S/C15H24FN3O/c1-4-17-9-12-8-13(16)10-18-14(12)19-7-5-6-15(2,11-19)20-3/h8,10,17H,4-7,9,11H2,1-3H3. The maximum atomic E-state index is 13.4. The lowest BCUT2D eigenvalue weighted by atomic mass is 9.94. The van der Waals surface area contributed by atoms with Crippen molar-refractivity contribution in [2.75, 3.05) is 31.6 Å². The van der Waals surface area contributed by atoms with E-state index in [9.17, 15) is 4.39 Å². The van der Waals surface area contributed by atoms with Crippen LogP contribution in [0.25, 0.3) is 0 Å². The lowest BCUT2D eigenvalue weighted by Crippen LogP contribution is -2.48. The van der Waals surface area contributed by atoms with E-state index >= 15 is 0 Å². The molecular formula is C15H24FN3O. The molecule has 2 heterocycles. The third-order valence-corrected chi connectivity index (χ3v) is 3.93. The van der Waals surface area contributed by atoms with Crippen molar-refractivity contribution in [3.8, 4) is 0 Å². The van der Waals surface area contributed by atoms with Crippen molar-refractivity contribution < 1.29 is 9.13 Å². The predicted octanol–water partition coefficient (Wildman–Crippen LogP) is 2.34. The van der Waals surface area contributed by atoms with Crippen molar-refractivity contribution in [2.24, 2.45) is 0 Å². The van der Waals surface area contributed by atoms with Gasteiger partial charge in [0.25, 0.3) is 0 Å².